The van der Waals surface area contributed by atoms with Crippen molar-refractivity contribution in [1.29, 1.82) is 0 Å². The number of carbonyl (C=O) groups excluding carboxylic acids is 2. The smallest absolute Gasteiger partial charge is 0.287 e. The van der Waals surface area contributed by atoms with Crippen LogP contribution in [0.5, 0.6) is 0 Å². The Morgan fingerprint density at radius 2 is 2.00 bits per heavy atom. The van der Waals surface area contributed by atoms with E-state index in [9.17, 15) is 9.59 Å². The largest absolute Gasteiger partial charge is 0.459 e. The van der Waals surface area contributed by atoms with Gasteiger partial charge in [0, 0.05) is 19.1 Å². The first-order valence-electron chi connectivity index (χ1n) is 7.37. The maximum absolute atomic E-state index is 12.3. The van der Waals surface area contributed by atoms with Crippen molar-refractivity contribution < 1.29 is 14.0 Å². The molecule has 0 spiro atoms. The van der Waals surface area contributed by atoms with Crippen molar-refractivity contribution in [3.05, 3.63) is 24.2 Å². The first-order valence-corrected chi connectivity index (χ1v) is 7.37. The molecular formula is C15H24ClN3O3. The number of nitrogens with two attached hydrogens (primary N) is 1. The average molecular weight is 330 g/mol. The number of piperidine rings is 1. The number of carbonyl (C=O) groups is 2. The van der Waals surface area contributed by atoms with E-state index in [1.54, 1.807) is 24.0 Å². The first-order chi connectivity index (χ1) is 9.99. The second-order valence-electron chi connectivity index (χ2n) is 5.69. The van der Waals surface area contributed by atoms with Crippen molar-refractivity contribution in [3.63, 3.8) is 0 Å². The molecule has 0 bridgehead atoms. The summed E-state index contributed by atoms with van der Waals surface area (Å²) in [6, 6.07) is 2.81. The lowest BCUT2D eigenvalue weighted by Gasteiger charge is -2.35. The van der Waals surface area contributed by atoms with Crippen LogP contribution in [0, 0.1) is 5.92 Å². The zero-order valence-corrected chi connectivity index (χ0v) is 13.8. The van der Waals surface area contributed by atoms with Crippen LogP contribution >= 0.6 is 12.4 Å². The lowest BCUT2D eigenvalue weighted by molar-refractivity contribution is -0.134. The Morgan fingerprint density at radius 3 is 2.50 bits per heavy atom. The van der Waals surface area contributed by atoms with E-state index < -0.39 is 6.04 Å². The van der Waals surface area contributed by atoms with E-state index >= 15 is 0 Å². The second kappa shape index (κ2) is 8.19. The Bertz CT molecular complexity index is 482. The van der Waals surface area contributed by atoms with Crippen LogP contribution in [0.2, 0.25) is 0 Å². The third kappa shape index (κ3) is 4.48. The van der Waals surface area contributed by atoms with E-state index in [0.717, 1.165) is 12.8 Å². The number of furan rings is 1. The molecule has 1 aromatic heterocycles. The van der Waals surface area contributed by atoms with Gasteiger partial charge >= 0.3 is 0 Å². The SMILES string of the molecule is CC(NC(=O)c1ccco1)C(=O)N1CCC(C(C)N)CC1.Cl. The van der Waals surface area contributed by atoms with E-state index in [0.29, 0.717) is 19.0 Å². The number of hydrogen-bond donors (Lipinski definition) is 2. The Kier molecular flexibility index (Phi) is 6.90. The van der Waals surface area contributed by atoms with Crippen LogP contribution < -0.4 is 11.1 Å². The summed E-state index contributed by atoms with van der Waals surface area (Å²) in [5, 5.41) is 2.66. The molecule has 22 heavy (non-hydrogen) atoms. The van der Waals surface area contributed by atoms with Crippen molar-refractivity contribution in [2.75, 3.05) is 13.1 Å². The van der Waals surface area contributed by atoms with Crippen LogP contribution in [0.25, 0.3) is 0 Å². The fourth-order valence-corrected chi connectivity index (χ4v) is 2.66. The second-order valence-corrected chi connectivity index (χ2v) is 5.69. The number of nitrogens with one attached hydrogen (secondary N) is 1. The van der Waals surface area contributed by atoms with Gasteiger partial charge in [0.15, 0.2) is 5.76 Å². The highest BCUT2D eigenvalue weighted by Gasteiger charge is 2.28. The third-order valence-corrected chi connectivity index (χ3v) is 4.06. The molecule has 2 atom stereocenters. The zero-order valence-electron chi connectivity index (χ0n) is 13.0. The predicted octanol–water partition coefficient (Wildman–Crippen LogP) is 1.41. The number of halogens is 1. The van der Waals surface area contributed by atoms with Crippen LogP contribution in [0.3, 0.4) is 0 Å². The van der Waals surface area contributed by atoms with Gasteiger partial charge in [0.1, 0.15) is 6.04 Å². The third-order valence-electron chi connectivity index (χ3n) is 4.06. The quantitative estimate of drug-likeness (QED) is 0.874. The Morgan fingerprint density at radius 1 is 1.36 bits per heavy atom. The highest BCUT2D eigenvalue weighted by atomic mass is 35.5. The molecule has 2 amide bonds. The first kappa shape index (κ1) is 18.5. The van der Waals surface area contributed by atoms with Gasteiger partial charge in [0.25, 0.3) is 5.91 Å². The Hall–Kier alpha value is -1.53. The Balaban J connectivity index is 0.00000242. The highest BCUT2D eigenvalue weighted by Crippen LogP contribution is 2.20. The van der Waals surface area contributed by atoms with Gasteiger partial charge in [0.2, 0.25) is 5.91 Å². The maximum Gasteiger partial charge on any atom is 0.287 e. The van der Waals surface area contributed by atoms with E-state index in [-0.39, 0.29) is 36.0 Å². The van der Waals surface area contributed by atoms with Gasteiger partial charge in [-0.3, -0.25) is 9.59 Å². The number of likely N-dealkylation sites (tertiary alicyclic amines) is 1. The van der Waals surface area contributed by atoms with Gasteiger partial charge in [-0.15, -0.1) is 12.4 Å². The molecule has 1 aliphatic rings. The lowest BCUT2D eigenvalue weighted by Crippen LogP contribution is -2.50. The number of rotatable bonds is 4. The van der Waals surface area contributed by atoms with Gasteiger partial charge < -0.3 is 20.4 Å². The van der Waals surface area contributed by atoms with E-state index in [2.05, 4.69) is 5.32 Å². The van der Waals surface area contributed by atoms with Crippen LogP contribution in [0.15, 0.2) is 22.8 Å². The molecule has 1 saturated heterocycles. The summed E-state index contributed by atoms with van der Waals surface area (Å²) in [5.41, 5.74) is 5.90. The van der Waals surface area contributed by atoms with Crippen LogP contribution in [0.1, 0.15) is 37.2 Å². The van der Waals surface area contributed by atoms with Gasteiger partial charge in [-0.1, -0.05) is 0 Å². The van der Waals surface area contributed by atoms with E-state index in [4.69, 9.17) is 10.2 Å². The molecule has 0 aliphatic carbocycles. The fourth-order valence-electron chi connectivity index (χ4n) is 2.66. The summed E-state index contributed by atoms with van der Waals surface area (Å²) in [4.78, 5) is 26.0. The molecule has 2 rings (SSSR count). The minimum absolute atomic E-state index is 0. The van der Waals surface area contributed by atoms with Gasteiger partial charge in [0.05, 0.1) is 6.26 Å². The number of hydrogen-bond acceptors (Lipinski definition) is 4. The van der Waals surface area contributed by atoms with Crippen molar-refractivity contribution in [2.24, 2.45) is 11.7 Å². The topological polar surface area (TPSA) is 88.6 Å². The molecule has 3 N–H and O–H groups in total. The van der Waals surface area contributed by atoms with Crippen LogP contribution in [0.4, 0.5) is 0 Å². The molecule has 0 radical (unpaired) electrons. The normalized spacial score (nSPS) is 18.2. The number of amides is 2. The summed E-state index contributed by atoms with van der Waals surface area (Å²) in [6.07, 6.45) is 3.27. The van der Waals surface area contributed by atoms with Crippen LogP contribution in [-0.2, 0) is 4.79 Å². The maximum atomic E-state index is 12.3. The molecule has 2 heterocycles. The standard InChI is InChI=1S/C15H23N3O3.ClH/c1-10(16)12-5-7-18(8-6-12)15(20)11(2)17-14(19)13-4-3-9-21-13;/h3-4,9-12H,5-8,16H2,1-2H3,(H,17,19);1H. The van der Waals surface area contributed by atoms with Gasteiger partial charge in [-0.25, -0.2) is 0 Å². The molecule has 1 fully saturated rings. The molecule has 0 aromatic carbocycles. The average Bonchev–Trinajstić information content (AvgIpc) is 3.00. The Labute approximate surface area is 136 Å². The summed E-state index contributed by atoms with van der Waals surface area (Å²) >= 11 is 0. The van der Waals surface area contributed by atoms with Crippen molar-refractivity contribution in [3.8, 4) is 0 Å². The summed E-state index contributed by atoms with van der Waals surface area (Å²) < 4.78 is 5.01. The summed E-state index contributed by atoms with van der Waals surface area (Å²) in [7, 11) is 0. The molecule has 1 aromatic rings. The number of nitrogens with zero attached hydrogens (tertiary/aromatic N) is 1. The molecular weight excluding hydrogens is 306 g/mol. The van der Waals surface area contributed by atoms with Gasteiger partial charge in [-0.05, 0) is 44.7 Å². The predicted molar refractivity (Wildman–Crippen MR) is 85.8 cm³/mol. The van der Waals surface area contributed by atoms with E-state index in [1.807, 2.05) is 6.92 Å². The highest BCUT2D eigenvalue weighted by molar-refractivity contribution is 5.95. The van der Waals surface area contributed by atoms with Crippen molar-refractivity contribution >= 4 is 24.2 Å². The minimum atomic E-state index is -0.561. The minimum Gasteiger partial charge on any atom is -0.459 e. The molecule has 6 nitrogen and oxygen atoms in total. The molecule has 0 saturated carbocycles. The molecule has 1 aliphatic heterocycles. The van der Waals surface area contributed by atoms with E-state index in [1.165, 1.54) is 6.26 Å². The molecule has 124 valence electrons. The molecule has 2 unspecified atom stereocenters. The summed E-state index contributed by atoms with van der Waals surface area (Å²) in [5.74, 6) is 0.261. The zero-order chi connectivity index (χ0) is 15.4. The van der Waals surface area contributed by atoms with Crippen molar-refractivity contribution in [2.45, 2.75) is 38.8 Å². The van der Waals surface area contributed by atoms with Gasteiger partial charge in [-0.2, -0.15) is 0 Å². The molecule has 7 heteroatoms. The fraction of sp³-hybridized carbons (Fsp3) is 0.600. The van der Waals surface area contributed by atoms with Crippen molar-refractivity contribution in [1.82, 2.24) is 10.2 Å². The monoisotopic (exact) mass is 329 g/mol. The summed E-state index contributed by atoms with van der Waals surface area (Å²) in [6.45, 7) is 5.10. The van der Waals surface area contributed by atoms with Crippen LogP contribution in [-0.4, -0.2) is 41.9 Å². The lowest BCUT2D eigenvalue weighted by atomic mass is 9.91.